The number of ether oxygens (including phenoxy) is 2. The normalized spacial score (nSPS) is 10.9. The number of aryl methyl sites for hydroxylation is 1. The highest BCUT2D eigenvalue weighted by Gasteiger charge is 2.11. The van der Waals surface area contributed by atoms with Crippen LogP contribution in [0.2, 0.25) is 0 Å². The number of carbonyl (C=O) groups excluding carboxylic acids is 1. The van der Waals surface area contributed by atoms with E-state index in [1.807, 2.05) is 49.6 Å². The molecular weight excluding hydrogens is 552 g/mol. The van der Waals surface area contributed by atoms with Crippen LogP contribution in [0.3, 0.4) is 0 Å². The summed E-state index contributed by atoms with van der Waals surface area (Å²) >= 11 is 5.03. The zero-order chi connectivity index (χ0) is 26.2. The second kappa shape index (κ2) is 12.5. The lowest BCUT2D eigenvalue weighted by atomic mass is 10.1. The van der Waals surface area contributed by atoms with E-state index < -0.39 is 0 Å². The predicted molar refractivity (Wildman–Crippen MR) is 154 cm³/mol. The number of benzene rings is 3. The van der Waals surface area contributed by atoms with Crippen LogP contribution in [0.4, 0.5) is 10.8 Å². The molecule has 0 aliphatic rings. The standard InChI is InChI=1S/C28H27BrN4O3S/c1-4-35-25-15-26(36-5-2)23(29)14-21(25)16-30-33-27(34)20-10-8-19(9-11-20)24-17-37-28(32-24)31-22-12-6-18(3)7-13-22/h6-17H,4-5H2,1-3H3,(H,31,32)(H,33,34)/b30-16-. The zero-order valence-electron chi connectivity index (χ0n) is 20.7. The van der Waals surface area contributed by atoms with Crippen LogP contribution in [-0.4, -0.2) is 30.3 Å². The van der Waals surface area contributed by atoms with Crippen molar-refractivity contribution in [2.75, 3.05) is 18.5 Å². The summed E-state index contributed by atoms with van der Waals surface area (Å²) < 4.78 is 12.1. The highest BCUT2D eigenvalue weighted by Crippen LogP contribution is 2.32. The summed E-state index contributed by atoms with van der Waals surface area (Å²) in [5.74, 6) is 0.993. The van der Waals surface area contributed by atoms with E-state index in [-0.39, 0.29) is 5.91 Å². The van der Waals surface area contributed by atoms with Crippen LogP contribution in [0, 0.1) is 6.92 Å². The fourth-order valence-electron chi connectivity index (χ4n) is 3.44. The highest BCUT2D eigenvalue weighted by atomic mass is 79.9. The van der Waals surface area contributed by atoms with Crippen molar-refractivity contribution in [2.24, 2.45) is 5.10 Å². The Morgan fingerprint density at radius 1 is 1.03 bits per heavy atom. The first-order valence-electron chi connectivity index (χ1n) is 11.8. The summed E-state index contributed by atoms with van der Waals surface area (Å²) in [5, 5.41) is 10.2. The Morgan fingerprint density at radius 3 is 2.43 bits per heavy atom. The molecule has 2 N–H and O–H groups in total. The molecule has 9 heteroatoms. The molecule has 190 valence electrons. The number of thiazole rings is 1. The van der Waals surface area contributed by atoms with Gasteiger partial charge in [-0.25, -0.2) is 10.4 Å². The molecule has 37 heavy (non-hydrogen) atoms. The van der Waals surface area contributed by atoms with Gasteiger partial charge in [-0.05, 0) is 67.0 Å². The lowest BCUT2D eigenvalue weighted by molar-refractivity contribution is 0.0955. The first-order chi connectivity index (χ1) is 18.0. The summed E-state index contributed by atoms with van der Waals surface area (Å²) in [6, 6.07) is 19.1. The van der Waals surface area contributed by atoms with Crippen LogP contribution in [0.1, 0.15) is 35.3 Å². The third-order valence-corrected chi connectivity index (χ3v) is 6.66. The summed E-state index contributed by atoms with van der Waals surface area (Å²) in [6.07, 6.45) is 1.55. The number of hydrazone groups is 1. The maximum atomic E-state index is 12.6. The molecule has 3 aromatic carbocycles. The minimum atomic E-state index is -0.314. The molecule has 1 aromatic heterocycles. The van der Waals surface area contributed by atoms with E-state index in [1.54, 1.807) is 24.4 Å². The monoisotopic (exact) mass is 578 g/mol. The van der Waals surface area contributed by atoms with Gasteiger partial charge in [0.15, 0.2) is 5.13 Å². The highest BCUT2D eigenvalue weighted by molar-refractivity contribution is 9.10. The van der Waals surface area contributed by atoms with Crippen molar-refractivity contribution < 1.29 is 14.3 Å². The fourth-order valence-corrected chi connectivity index (χ4v) is 4.65. The number of hydrogen-bond donors (Lipinski definition) is 2. The van der Waals surface area contributed by atoms with Gasteiger partial charge >= 0.3 is 0 Å². The number of hydrogen-bond acceptors (Lipinski definition) is 7. The molecule has 0 fully saturated rings. The van der Waals surface area contributed by atoms with E-state index in [9.17, 15) is 4.79 Å². The Hall–Kier alpha value is -3.69. The molecule has 0 atom stereocenters. The van der Waals surface area contributed by atoms with E-state index in [0.717, 1.165) is 26.5 Å². The molecule has 0 aliphatic carbocycles. The molecule has 1 amide bonds. The van der Waals surface area contributed by atoms with Crippen molar-refractivity contribution in [3.05, 3.63) is 87.2 Å². The summed E-state index contributed by atoms with van der Waals surface area (Å²) in [6.45, 7) is 6.92. The van der Waals surface area contributed by atoms with Gasteiger partial charge < -0.3 is 14.8 Å². The Kier molecular flexibility index (Phi) is 8.92. The Morgan fingerprint density at radius 2 is 1.73 bits per heavy atom. The molecule has 4 rings (SSSR count). The number of nitrogens with one attached hydrogen (secondary N) is 2. The van der Waals surface area contributed by atoms with Crippen LogP contribution < -0.4 is 20.2 Å². The van der Waals surface area contributed by atoms with Crippen molar-refractivity contribution in [2.45, 2.75) is 20.8 Å². The molecule has 1 heterocycles. The first kappa shape index (κ1) is 26.4. The molecule has 0 saturated heterocycles. The average Bonchev–Trinajstić information content (AvgIpc) is 3.36. The van der Waals surface area contributed by atoms with Gasteiger partial charge in [0.05, 0.1) is 29.6 Å². The number of anilines is 2. The SMILES string of the molecule is CCOc1cc(OCC)c(/C=N\NC(=O)c2ccc(-c3csc(Nc4ccc(C)cc4)n3)cc2)cc1Br. The molecule has 0 unspecified atom stereocenters. The summed E-state index contributed by atoms with van der Waals surface area (Å²) in [5.41, 5.74) is 7.75. The molecule has 0 saturated carbocycles. The largest absolute Gasteiger partial charge is 0.493 e. The van der Waals surface area contributed by atoms with Crippen LogP contribution in [0.15, 0.2) is 75.6 Å². The lowest BCUT2D eigenvalue weighted by Crippen LogP contribution is -2.17. The van der Waals surface area contributed by atoms with Crippen molar-refractivity contribution in [3.63, 3.8) is 0 Å². The molecule has 0 bridgehead atoms. The van der Waals surface area contributed by atoms with Crippen LogP contribution >= 0.6 is 27.3 Å². The molecule has 7 nitrogen and oxygen atoms in total. The van der Waals surface area contributed by atoms with Crippen molar-refractivity contribution >= 4 is 50.2 Å². The van der Waals surface area contributed by atoms with Gasteiger partial charge in [0.2, 0.25) is 0 Å². The number of nitrogens with zero attached hydrogens (tertiary/aromatic N) is 2. The number of halogens is 1. The molecule has 0 aliphatic heterocycles. The van der Waals surface area contributed by atoms with Crippen molar-refractivity contribution in [1.29, 1.82) is 0 Å². The second-order valence-electron chi connectivity index (χ2n) is 7.99. The van der Waals surface area contributed by atoms with Gasteiger partial charge in [0, 0.05) is 33.8 Å². The Bertz CT molecular complexity index is 1390. The number of rotatable bonds is 10. The van der Waals surface area contributed by atoms with Gasteiger partial charge in [-0.3, -0.25) is 4.79 Å². The van der Waals surface area contributed by atoms with E-state index in [0.29, 0.717) is 35.8 Å². The minimum Gasteiger partial charge on any atom is -0.493 e. The van der Waals surface area contributed by atoms with Crippen LogP contribution in [-0.2, 0) is 0 Å². The van der Waals surface area contributed by atoms with E-state index in [2.05, 4.69) is 55.8 Å². The van der Waals surface area contributed by atoms with Crippen LogP contribution in [0.5, 0.6) is 11.5 Å². The van der Waals surface area contributed by atoms with Crippen molar-refractivity contribution in [3.8, 4) is 22.8 Å². The van der Waals surface area contributed by atoms with Gasteiger partial charge in [-0.15, -0.1) is 11.3 Å². The van der Waals surface area contributed by atoms with Crippen LogP contribution in [0.25, 0.3) is 11.3 Å². The van der Waals surface area contributed by atoms with Crippen molar-refractivity contribution in [1.82, 2.24) is 10.4 Å². The summed E-state index contributed by atoms with van der Waals surface area (Å²) in [4.78, 5) is 17.3. The first-order valence-corrected chi connectivity index (χ1v) is 13.5. The second-order valence-corrected chi connectivity index (χ2v) is 9.70. The topological polar surface area (TPSA) is 84.8 Å². The maximum Gasteiger partial charge on any atom is 0.271 e. The smallest absolute Gasteiger partial charge is 0.271 e. The van der Waals surface area contributed by atoms with Gasteiger partial charge in [-0.1, -0.05) is 29.8 Å². The molecule has 4 aromatic rings. The Labute approximate surface area is 228 Å². The fraction of sp³-hybridized carbons (Fsp3) is 0.179. The number of amides is 1. The van der Waals surface area contributed by atoms with E-state index >= 15 is 0 Å². The predicted octanol–water partition coefficient (Wildman–Crippen LogP) is 7.19. The molecular formula is C28H27BrN4O3S. The van der Waals surface area contributed by atoms with Gasteiger partial charge in [0.1, 0.15) is 11.5 Å². The third kappa shape index (κ3) is 6.96. The quantitative estimate of drug-likeness (QED) is 0.154. The molecule has 0 radical (unpaired) electrons. The van der Waals surface area contributed by atoms with E-state index in [4.69, 9.17) is 9.47 Å². The molecule has 0 spiro atoms. The van der Waals surface area contributed by atoms with Gasteiger partial charge in [0.25, 0.3) is 5.91 Å². The third-order valence-electron chi connectivity index (χ3n) is 5.28. The number of carbonyl (C=O) groups is 1. The Balaban J connectivity index is 1.39. The number of aromatic nitrogens is 1. The van der Waals surface area contributed by atoms with E-state index in [1.165, 1.54) is 16.9 Å². The minimum absolute atomic E-state index is 0.314. The maximum absolute atomic E-state index is 12.6. The zero-order valence-corrected chi connectivity index (χ0v) is 23.2. The summed E-state index contributed by atoms with van der Waals surface area (Å²) in [7, 11) is 0. The van der Waals surface area contributed by atoms with Gasteiger partial charge in [-0.2, -0.15) is 5.10 Å². The average molecular weight is 580 g/mol. The lowest BCUT2D eigenvalue weighted by Gasteiger charge is -2.12.